The number of sulfonamides is 1. The van der Waals surface area contributed by atoms with Crippen LogP contribution in [-0.4, -0.2) is 55.6 Å². The number of amides is 1. The van der Waals surface area contributed by atoms with E-state index in [0.717, 1.165) is 43.0 Å². The van der Waals surface area contributed by atoms with Crippen LogP contribution in [0.3, 0.4) is 0 Å². The Kier molecular flexibility index (Phi) is 7.33. The lowest BCUT2D eigenvalue weighted by Crippen LogP contribution is -2.36. The number of aromatic nitrogens is 2. The van der Waals surface area contributed by atoms with Crippen molar-refractivity contribution >= 4 is 32.4 Å². The minimum Gasteiger partial charge on any atom is -0.303 e. The second kappa shape index (κ2) is 9.75. The molecule has 0 saturated carbocycles. The van der Waals surface area contributed by atoms with Gasteiger partial charge < -0.3 is 4.90 Å². The monoisotopic (exact) mass is 437 g/mol. The number of benzene rings is 1. The van der Waals surface area contributed by atoms with Crippen molar-refractivity contribution in [2.75, 3.05) is 31.5 Å². The number of hydrogen-bond acceptors (Lipinski definition) is 7. The molecule has 1 aliphatic rings. The third-order valence-corrected chi connectivity index (χ3v) is 7.49. The van der Waals surface area contributed by atoms with E-state index in [1.807, 2.05) is 13.0 Å². The molecule has 1 amide bonds. The van der Waals surface area contributed by atoms with Gasteiger partial charge in [0.05, 0.1) is 0 Å². The predicted molar refractivity (Wildman–Crippen MR) is 114 cm³/mol. The van der Waals surface area contributed by atoms with Crippen molar-refractivity contribution in [2.24, 2.45) is 5.92 Å². The van der Waals surface area contributed by atoms with Gasteiger partial charge in [0.25, 0.3) is 15.9 Å². The summed E-state index contributed by atoms with van der Waals surface area (Å²) in [4.78, 5) is 14.6. The molecular formula is C19H27N5O3S2. The molecule has 1 aromatic carbocycles. The van der Waals surface area contributed by atoms with Crippen LogP contribution in [0.25, 0.3) is 0 Å². The Hall–Kier alpha value is -1.88. The topological polar surface area (TPSA) is 104 Å². The first-order chi connectivity index (χ1) is 13.8. The Labute approximate surface area is 175 Å². The van der Waals surface area contributed by atoms with Gasteiger partial charge in [0, 0.05) is 18.7 Å². The van der Waals surface area contributed by atoms with Gasteiger partial charge in [0.2, 0.25) is 9.47 Å². The quantitative estimate of drug-likeness (QED) is 0.486. The molecule has 1 saturated heterocycles. The van der Waals surface area contributed by atoms with E-state index in [4.69, 9.17) is 0 Å². The highest BCUT2D eigenvalue weighted by atomic mass is 32.2. The van der Waals surface area contributed by atoms with Crippen LogP contribution in [-0.2, 0) is 10.0 Å². The Morgan fingerprint density at radius 3 is 2.93 bits per heavy atom. The van der Waals surface area contributed by atoms with Gasteiger partial charge >= 0.3 is 0 Å². The fourth-order valence-electron chi connectivity index (χ4n) is 3.39. The van der Waals surface area contributed by atoms with E-state index in [1.54, 1.807) is 18.2 Å². The smallest absolute Gasteiger partial charge is 0.269 e. The molecule has 0 bridgehead atoms. The molecule has 2 aromatic rings. The Morgan fingerprint density at radius 1 is 1.34 bits per heavy atom. The van der Waals surface area contributed by atoms with Gasteiger partial charge in [0.1, 0.15) is 0 Å². The van der Waals surface area contributed by atoms with E-state index in [1.165, 1.54) is 12.8 Å². The van der Waals surface area contributed by atoms with Crippen molar-refractivity contribution in [3.8, 4) is 0 Å². The average molecular weight is 438 g/mol. The van der Waals surface area contributed by atoms with Crippen molar-refractivity contribution in [2.45, 2.75) is 37.4 Å². The standard InChI is InChI=1S/C19H27N5O3S2/c1-14-6-3-8-16(12-14)17(25)21-18-22-23-19(28-18)29(26,27)20-9-5-11-24-10-4-7-15(2)13-24/h3,6,8,12,15,20H,4-5,7,9-11,13H2,1-2H3,(H,21,22,25)/t15-/m1/s1. The van der Waals surface area contributed by atoms with Crippen molar-refractivity contribution in [1.82, 2.24) is 19.8 Å². The molecule has 158 valence electrons. The number of likely N-dealkylation sites (tertiary alicyclic amines) is 1. The van der Waals surface area contributed by atoms with Gasteiger partial charge in [-0.2, -0.15) is 0 Å². The lowest BCUT2D eigenvalue weighted by Gasteiger charge is -2.30. The Bertz CT molecular complexity index is 945. The summed E-state index contributed by atoms with van der Waals surface area (Å²) < 4.78 is 27.3. The number of piperidine rings is 1. The number of carbonyl (C=O) groups is 1. The number of nitrogens with one attached hydrogen (secondary N) is 2. The average Bonchev–Trinajstić information content (AvgIpc) is 3.15. The number of anilines is 1. The lowest BCUT2D eigenvalue weighted by molar-refractivity contribution is 0.102. The number of rotatable bonds is 8. The van der Waals surface area contributed by atoms with Gasteiger partial charge in [-0.25, -0.2) is 13.1 Å². The van der Waals surface area contributed by atoms with Gasteiger partial charge in [-0.3, -0.25) is 10.1 Å². The normalized spacial score (nSPS) is 17.9. The first-order valence-corrected chi connectivity index (χ1v) is 12.1. The fourth-order valence-corrected chi connectivity index (χ4v) is 5.39. The summed E-state index contributed by atoms with van der Waals surface area (Å²) >= 11 is 0.838. The number of nitrogens with zero attached hydrogens (tertiary/aromatic N) is 3. The zero-order chi connectivity index (χ0) is 20.9. The molecule has 0 aliphatic carbocycles. The van der Waals surface area contributed by atoms with Crippen LogP contribution in [0.5, 0.6) is 0 Å². The van der Waals surface area contributed by atoms with Crippen LogP contribution in [0, 0.1) is 12.8 Å². The second-order valence-corrected chi connectivity index (χ2v) is 10.4. The van der Waals surface area contributed by atoms with Crippen molar-refractivity contribution in [1.29, 1.82) is 0 Å². The summed E-state index contributed by atoms with van der Waals surface area (Å²) in [6.45, 7) is 7.52. The number of carbonyl (C=O) groups excluding carboxylic acids is 1. The van der Waals surface area contributed by atoms with E-state index in [2.05, 4.69) is 32.1 Å². The number of aryl methyl sites for hydroxylation is 1. The Balaban J connectivity index is 1.49. The zero-order valence-electron chi connectivity index (χ0n) is 16.7. The minimum atomic E-state index is -3.74. The predicted octanol–water partition coefficient (Wildman–Crippen LogP) is 2.50. The third kappa shape index (κ3) is 6.30. The first kappa shape index (κ1) is 21.8. The SMILES string of the molecule is Cc1cccc(C(=O)Nc2nnc(S(=O)(=O)NCCCN3CCC[C@@H](C)C3)s2)c1. The molecule has 0 spiro atoms. The van der Waals surface area contributed by atoms with Crippen molar-refractivity contribution < 1.29 is 13.2 Å². The highest BCUT2D eigenvalue weighted by molar-refractivity contribution is 7.91. The second-order valence-electron chi connectivity index (χ2n) is 7.50. The highest BCUT2D eigenvalue weighted by Crippen LogP contribution is 2.21. The molecule has 1 aromatic heterocycles. The Morgan fingerprint density at radius 2 is 2.17 bits per heavy atom. The zero-order valence-corrected chi connectivity index (χ0v) is 18.4. The molecule has 8 nitrogen and oxygen atoms in total. The van der Waals surface area contributed by atoms with Crippen LogP contribution in [0.1, 0.15) is 42.1 Å². The summed E-state index contributed by atoms with van der Waals surface area (Å²) in [5.74, 6) is 0.354. The molecular weight excluding hydrogens is 410 g/mol. The maximum absolute atomic E-state index is 12.4. The maximum atomic E-state index is 12.4. The molecule has 3 rings (SSSR count). The lowest BCUT2D eigenvalue weighted by atomic mass is 10.0. The molecule has 1 atom stereocenters. The van der Waals surface area contributed by atoms with Crippen LogP contribution >= 0.6 is 11.3 Å². The molecule has 2 heterocycles. The van der Waals surface area contributed by atoms with Crippen LogP contribution in [0.4, 0.5) is 5.13 Å². The summed E-state index contributed by atoms with van der Waals surface area (Å²) in [5, 5.41) is 10.3. The third-order valence-electron chi connectivity index (χ3n) is 4.82. The molecule has 0 unspecified atom stereocenters. The molecule has 10 heteroatoms. The highest BCUT2D eigenvalue weighted by Gasteiger charge is 2.21. The van der Waals surface area contributed by atoms with Gasteiger partial charge in [0.15, 0.2) is 0 Å². The molecule has 1 fully saturated rings. The molecule has 29 heavy (non-hydrogen) atoms. The van der Waals surface area contributed by atoms with E-state index >= 15 is 0 Å². The molecule has 1 aliphatic heterocycles. The van der Waals surface area contributed by atoms with E-state index < -0.39 is 10.0 Å². The van der Waals surface area contributed by atoms with Crippen molar-refractivity contribution in [3.63, 3.8) is 0 Å². The minimum absolute atomic E-state index is 0.149. The molecule has 0 radical (unpaired) electrons. The summed E-state index contributed by atoms with van der Waals surface area (Å²) in [7, 11) is -3.74. The molecule has 2 N–H and O–H groups in total. The van der Waals surface area contributed by atoms with E-state index in [-0.39, 0.29) is 15.4 Å². The van der Waals surface area contributed by atoms with Crippen LogP contribution in [0.15, 0.2) is 28.6 Å². The van der Waals surface area contributed by atoms with Gasteiger partial charge in [-0.15, -0.1) is 10.2 Å². The summed E-state index contributed by atoms with van der Waals surface area (Å²) in [5.41, 5.74) is 1.44. The fraction of sp³-hybridized carbons (Fsp3) is 0.526. The van der Waals surface area contributed by atoms with Gasteiger partial charge in [-0.05, 0) is 57.3 Å². The first-order valence-electron chi connectivity index (χ1n) is 9.77. The van der Waals surface area contributed by atoms with E-state index in [9.17, 15) is 13.2 Å². The van der Waals surface area contributed by atoms with Crippen LogP contribution in [0.2, 0.25) is 0 Å². The number of hydrogen-bond donors (Lipinski definition) is 2. The van der Waals surface area contributed by atoms with Crippen molar-refractivity contribution in [3.05, 3.63) is 35.4 Å². The summed E-state index contributed by atoms with van der Waals surface area (Å²) in [6.07, 6.45) is 3.21. The largest absolute Gasteiger partial charge is 0.303 e. The van der Waals surface area contributed by atoms with Gasteiger partial charge in [-0.1, -0.05) is 36.0 Å². The summed E-state index contributed by atoms with van der Waals surface area (Å²) in [6, 6.07) is 7.11. The van der Waals surface area contributed by atoms with Crippen LogP contribution < -0.4 is 10.0 Å². The van der Waals surface area contributed by atoms with E-state index in [0.29, 0.717) is 18.0 Å². The maximum Gasteiger partial charge on any atom is 0.269 e.